The van der Waals surface area contributed by atoms with Gasteiger partial charge in [-0.3, -0.25) is 9.41 Å². The third kappa shape index (κ3) is 56.3. The zero-order valence-corrected chi connectivity index (χ0v) is 3.64. The smallest absolute Gasteiger partial charge is 0.153 e. The summed E-state index contributed by atoms with van der Waals surface area (Å²) in [7, 11) is 0. The van der Waals surface area contributed by atoms with Crippen LogP contribution in [0.15, 0.2) is 0 Å². The summed E-state index contributed by atoms with van der Waals surface area (Å²) in [5.41, 5.74) is 0. The minimum atomic E-state index is 0. The molecule has 0 fully saturated rings. The molecule has 4 heteroatoms. The van der Waals surface area contributed by atoms with Gasteiger partial charge in [0, 0.05) is 0 Å². The number of halogens is 2. The Bertz CT molecular complexity index is 6.00. The summed E-state index contributed by atoms with van der Waals surface area (Å²) in [6, 6.07) is 0. The molecule has 1 atom stereocenters. The monoisotopic (exact) mass is 91.0 g/mol. The third-order valence-electron chi connectivity index (χ3n) is 0. The number of hydrogen-bond acceptors (Lipinski definition) is 1. The zero-order valence-electron chi connectivity index (χ0n) is 2.23. The number of rotatable bonds is 0. The molecule has 0 spiro atoms. The normalized spacial score (nSPS) is 0. The summed E-state index contributed by atoms with van der Waals surface area (Å²) in [4.78, 5) is 0. The van der Waals surface area contributed by atoms with Gasteiger partial charge in [-0.2, -0.15) is 9.90 Å². The minimum Gasteiger partial charge on any atom is -0.344 e. The predicted molar refractivity (Wildman–Crippen MR) is 21.1 cm³/mol. The van der Waals surface area contributed by atoms with Crippen molar-refractivity contribution in [2.75, 3.05) is 0 Å². The molecule has 0 radical (unpaired) electrons. The van der Waals surface area contributed by atoms with Gasteiger partial charge in [0.1, 0.15) is 0 Å². The SMILES string of the molecule is F.F.N.P. The van der Waals surface area contributed by atoms with Crippen molar-refractivity contribution in [3.8, 4) is 0 Å². The molecule has 0 aliphatic carbocycles. The van der Waals surface area contributed by atoms with E-state index in [4.69, 9.17) is 0 Å². The Morgan fingerprint density at radius 2 is 0.750 bits per heavy atom. The van der Waals surface area contributed by atoms with Crippen LogP contribution in [0.1, 0.15) is 0 Å². The van der Waals surface area contributed by atoms with Gasteiger partial charge in [-0.25, -0.2) is 0 Å². The fraction of sp³-hybridized carbons (Fsp3) is 0. The van der Waals surface area contributed by atoms with Gasteiger partial charge in [0.15, 0.2) is 0 Å². The molecule has 3 N–H and O–H groups in total. The standard InChI is InChI=1S/2FH.H3N.H3P/h2*1H;2*1H3. The Balaban J connectivity index is 0. The van der Waals surface area contributed by atoms with Crippen molar-refractivity contribution in [3.63, 3.8) is 0 Å². The van der Waals surface area contributed by atoms with Gasteiger partial charge in [-0.1, -0.05) is 0 Å². The second kappa shape index (κ2) is 263. The van der Waals surface area contributed by atoms with Crippen LogP contribution < -0.4 is 6.15 Å². The topological polar surface area (TPSA) is 35.0 Å². The van der Waals surface area contributed by atoms with Crippen LogP contribution in [-0.2, 0) is 0 Å². The van der Waals surface area contributed by atoms with Crippen LogP contribution in [0.3, 0.4) is 0 Å². The summed E-state index contributed by atoms with van der Waals surface area (Å²) in [5, 5.41) is 0. The van der Waals surface area contributed by atoms with Gasteiger partial charge < -0.3 is 6.15 Å². The van der Waals surface area contributed by atoms with Crippen LogP contribution in [0.25, 0.3) is 0 Å². The molecule has 0 bridgehead atoms. The fourth-order valence-corrected chi connectivity index (χ4v) is 0. The maximum atomic E-state index is 0. The molecule has 0 rings (SSSR count). The van der Waals surface area contributed by atoms with Gasteiger partial charge in [0.25, 0.3) is 0 Å². The molecule has 1 unspecified atom stereocenters. The highest BCUT2D eigenvalue weighted by Gasteiger charge is -0.153. The summed E-state index contributed by atoms with van der Waals surface area (Å²) in [6.07, 6.45) is 0. The summed E-state index contributed by atoms with van der Waals surface area (Å²) in [5.74, 6) is 0. The molecule has 0 aromatic carbocycles. The van der Waals surface area contributed by atoms with E-state index in [0.717, 1.165) is 0 Å². The van der Waals surface area contributed by atoms with Crippen LogP contribution in [0.2, 0.25) is 0 Å². The van der Waals surface area contributed by atoms with Crippen molar-refractivity contribution in [1.82, 2.24) is 6.15 Å². The highest BCUT2D eigenvalue weighted by atomic mass is 31.0. The summed E-state index contributed by atoms with van der Waals surface area (Å²) >= 11 is 0. The fourth-order valence-electron chi connectivity index (χ4n) is 0. The molecule has 0 aromatic heterocycles. The summed E-state index contributed by atoms with van der Waals surface area (Å²) in [6.45, 7) is 0. The van der Waals surface area contributed by atoms with Crippen molar-refractivity contribution in [1.29, 1.82) is 0 Å². The first kappa shape index (κ1) is 718. The third-order valence-corrected chi connectivity index (χ3v) is 0. The van der Waals surface area contributed by atoms with Gasteiger partial charge >= 0.3 is 0 Å². The van der Waals surface area contributed by atoms with Crippen molar-refractivity contribution >= 4 is 9.90 Å². The van der Waals surface area contributed by atoms with Crippen LogP contribution in [-0.4, -0.2) is 0 Å². The average molecular weight is 91.0 g/mol. The molecule has 0 aliphatic rings. The van der Waals surface area contributed by atoms with Crippen LogP contribution >= 0.6 is 9.90 Å². The van der Waals surface area contributed by atoms with Crippen molar-refractivity contribution in [2.24, 2.45) is 0 Å². The molecule has 1 nitrogen and oxygen atoms in total. The van der Waals surface area contributed by atoms with Crippen molar-refractivity contribution in [3.05, 3.63) is 0 Å². The van der Waals surface area contributed by atoms with E-state index in [1.54, 1.807) is 0 Å². The van der Waals surface area contributed by atoms with Crippen molar-refractivity contribution in [2.45, 2.75) is 0 Å². The zero-order chi connectivity index (χ0) is 0. The van der Waals surface area contributed by atoms with E-state index in [2.05, 4.69) is 0 Å². The van der Waals surface area contributed by atoms with E-state index < -0.39 is 0 Å². The Morgan fingerprint density at radius 1 is 0.750 bits per heavy atom. The molecule has 4 heavy (non-hydrogen) atoms. The highest BCUT2D eigenvalue weighted by Crippen LogP contribution is 0.861. The molecule has 0 heterocycles. The van der Waals surface area contributed by atoms with Gasteiger partial charge in [-0.05, 0) is 0 Å². The van der Waals surface area contributed by atoms with Gasteiger partial charge in [-0.15, -0.1) is 0 Å². The lowest BCUT2D eigenvalue weighted by atomic mass is 14.0. The lowest BCUT2D eigenvalue weighted by Gasteiger charge is -0.344. The van der Waals surface area contributed by atoms with E-state index in [1.165, 1.54) is 0 Å². The Morgan fingerprint density at radius 3 is 0.750 bits per heavy atom. The molecule has 0 amide bonds. The largest absolute Gasteiger partial charge is 0.344 e. The quantitative estimate of drug-likeness (QED) is 0.433. The Hall–Kier alpha value is 0.250. The average Bonchev–Trinajstić information content (AvgIpc) is 0. The van der Waals surface area contributed by atoms with Gasteiger partial charge in [0.2, 0.25) is 0 Å². The molecular formula is H8F2NP. The minimum absolute atomic E-state index is 0. The first-order valence-corrected chi connectivity index (χ1v) is 0. The Labute approximate surface area is 26.7 Å². The van der Waals surface area contributed by atoms with Crippen LogP contribution in [0.4, 0.5) is 9.41 Å². The Kier molecular flexibility index (Phi) is 47300. The maximum Gasteiger partial charge on any atom is -0.153 e. The second-order valence-corrected chi connectivity index (χ2v) is 0. The van der Waals surface area contributed by atoms with E-state index in [-0.39, 0.29) is 25.5 Å². The van der Waals surface area contributed by atoms with Crippen LogP contribution in [0.5, 0.6) is 0 Å². The lowest BCUT2D eigenvalue weighted by molar-refractivity contribution is 1.11. The summed E-state index contributed by atoms with van der Waals surface area (Å²) < 4.78 is 0. The lowest BCUT2D eigenvalue weighted by Crippen LogP contribution is -0.481. The predicted octanol–water partition coefficient (Wildman–Crippen LogP) is 0.525. The maximum absolute atomic E-state index is 0. The highest BCUT2D eigenvalue weighted by molar-refractivity contribution is 6.92. The first-order chi connectivity index (χ1) is 0. The first-order valence-electron chi connectivity index (χ1n) is 0. The van der Waals surface area contributed by atoms with E-state index in [9.17, 15) is 0 Å². The van der Waals surface area contributed by atoms with E-state index in [0.29, 0.717) is 0 Å². The molecule has 0 aromatic rings. The number of hydrogen-bond donors (Lipinski definition) is 1. The molecule has 0 saturated carbocycles. The molecule has 32 valence electrons. The van der Waals surface area contributed by atoms with E-state index >= 15 is 0 Å². The van der Waals surface area contributed by atoms with E-state index in [1.807, 2.05) is 0 Å². The second-order valence-electron chi connectivity index (χ2n) is 0. The van der Waals surface area contributed by atoms with Gasteiger partial charge in [0.05, 0.1) is 0 Å². The van der Waals surface area contributed by atoms with Crippen LogP contribution in [0, 0.1) is 0 Å². The molecule has 0 aliphatic heterocycles. The molecule has 0 saturated heterocycles. The molecular weight excluding hydrogens is 83.0 g/mol. The van der Waals surface area contributed by atoms with Crippen molar-refractivity contribution < 1.29 is 9.41 Å².